The maximum absolute atomic E-state index is 11.7. The Bertz CT molecular complexity index is 334. The topological polar surface area (TPSA) is 29.1 Å². The van der Waals surface area contributed by atoms with E-state index in [4.69, 9.17) is 11.6 Å². The van der Waals surface area contributed by atoms with E-state index < -0.39 is 0 Å². The molecule has 1 unspecified atom stereocenters. The molecule has 3 heteroatoms. The SMILES string of the molecule is CCCC(C)C(=O)Nc1ccc(CCl)cc1. The lowest BCUT2D eigenvalue weighted by Crippen LogP contribution is -2.20. The summed E-state index contributed by atoms with van der Waals surface area (Å²) in [6.45, 7) is 4.03. The number of benzene rings is 1. The second kappa shape index (κ2) is 6.54. The third-order valence-electron chi connectivity index (χ3n) is 2.55. The molecule has 0 aliphatic heterocycles. The van der Waals surface area contributed by atoms with Crippen LogP contribution in [0.15, 0.2) is 24.3 Å². The lowest BCUT2D eigenvalue weighted by molar-refractivity contribution is -0.119. The average Bonchev–Trinajstić information content (AvgIpc) is 2.30. The van der Waals surface area contributed by atoms with Gasteiger partial charge in [-0.05, 0) is 24.1 Å². The van der Waals surface area contributed by atoms with Gasteiger partial charge in [0.25, 0.3) is 0 Å². The van der Waals surface area contributed by atoms with E-state index >= 15 is 0 Å². The number of rotatable bonds is 5. The van der Waals surface area contributed by atoms with Gasteiger partial charge in [-0.2, -0.15) is 0 Å². The van der Waals surface area contributed by atoms with Gasteiger partial charge in [-0.15, -0.1) is 11.6 Å². The highest BCUT2D eigenvalue weighted by molar-refractivity contribution is 6.17. The van der Waals surface area contributed by atoms with Crippen LogP contribution in [-0.4, -0.2) is 5.91 Å². The van der Waals surface area contributed by atoms with E-state index in [-0.39, 0.29) is 11.8 Å². The molecule has 0 aliphatic carbocycles. The van der Waals surface area contributed by atoms with E-state index in [9.17, 15) is 4.79 Å². The van der Waals surface area contributed by atoms with E-state index in [2.05, 4.69) is 12.2 Å². The smallest absolute Gasteiger partial charge is 0.227 e. The largest absolute Gasteiger partial charge is 0.326 e. The van der Waals surface area contributed by atoms with Crippen molar-refractivity contribution in [2.45, 2.75) is 32.6 Å². The molecule has 0 aromatic heterocycles. The highest BCUT2D eigenvalue weighted by atomic mass is 35.5. The fraction of sp³-hybridized carbons (Fsp3) is 0.462. The maximum Gasteiger partial charge on any atom is 0.227 e. The maximum atomic E-state index is 11.7. The van der Waals surface area contributed by atoms with Crippen molar-refractivity contribution in [2.75, 3.05) is 5.32 Å². The Hall–Kier alpha value is -1.02. The molecule has 0 aliphatic rings. The third-order valence-corrected chi connectivity index (χ3v) is 2.85. The van der Waals surface area contributed by atoms with Crippen molar-refractivity contribution >= 4 is 23.2 Å². The molecule has 1 atom stereocenters. The third kappa shape index (κ3) is 3.86. The first kappa shape index (κ1) is 13.0. The molecule has 88 valence electrons. The van der Waals surface area contributed by atoms with E-state index in [0.29, 0.717) is 5.88 Å². The summed E-state index contributed by atoms with van der Waals surface area (Å²) in [4.78, 5) is 11.7. The molecule has 1 N–H and O–H groups in total. The number of anilines is 1. The van der Waals surface area contributed by atoms with Gasteiger partial charge in [0.15, 0.2) is 0 Å². The molecule has 0 bridgehead atoms. The zero-order valence-electron chi connectivity index (χ0n) is 9.79. The van der Waals surface area contributed by atoms with Crippen LogP contribution in [0.25, 0.3) is 0 Å². The summed E-state index contributed by atoms with van der Waals surface area (Å²) in [6.07, 6.45) is 1.95. The molecule has 16 heavy (non-hydrogen) atoms. The number of carbonyl (C=O) groups is 1. The minimum absolute atomic E-state index is 0.0673. The Morgan fingerprint density at radius 3 is 2.50 bits per heavy atom. The average molecular weight is 240 g/mol. The van der Waals surface area contributed by atoms with Gasteiger partial charge in [0.05, 0.1) is 0 Å². The molecule has 0 heterocycles. The molecule has 0 saturated heterocycles. The molecular weight excluding hydrogens is 222 g/mol. The molecule has 0 saturated carbocycles. The fourth-order valence-electron chi connectivity index (χ4n) is 1.51. The molecule has 1 aromatic carbocycles. The van der Waals surface area contributed by atoms with Crippen LogP contribution >= 0.6 is 11.6 Å². The van der Waals surface area contributed by atoms with Crippen molar-refractivity contribution in [3.63, 3.8) is 0 Å². The first-order chi connectivity index (χ1) is 7.67. The van der Waals surface area contributed by atoms with Crippen molar-refractivity contribution in [3.8, 4) is 0 Å². The van der Waals surface area contributed by atoms with E-state index in [0.717, 1.165) is 24.1 Å². The summed E-state index contributed by atoms with van der Waals surface area (Å²) in [5, 5.41) is 2.90. The van der Waals surface area contributed by atoms with Crippen LogP contribution in [0.5, 0.6) is 0 Å². The Kier molecular flexibility index (Phi) is 5.33. The Balaban J connectivity index is 2.55. The van der Waals surface area contributed by atoms with Gasteiger partial charge in [-0.1, -0.05) is 32.4 Å². The van der Waals surface area contributed by atoms with Gasteiger partial charge >= 0.3 is 0 Å². The second-order valence-electron chi connectivity index (χ2n) is 4.01. The quantitative estimate of drug-likeness (QED) is 0.778. The van der Waals surface area contributed by atoms with Crippen LogP contribution in [0.3, 0.4) is 0 Å². The van der Waals surface area contributed by atoms with Crippen LogP contribution in [0.1, 0.15) is 32.3 Å². The van der Waals surface area contributed by atoms with Crippen LogP contribution in [0, 0.1) is 5.92 Å². The Morgan fingerprint density at radius 1 is 1.38 bits per heavy atom. The van der Waals surface area contributed by atoms with Crippen molar-refractivity contribution in [1.82, 2.24) is 0 Å². The lowest BCUT2D eigenvalue weighted by atomic mass is 10.1. The molecule has 1 rings (SSSR count). The van der Waals surface area contributed by atoms with E-state index in [1.165, 1.54) is 0 Å². The van der Waals surface area contributed by atoms with E-state index in [1.807, 2.05) is 31.2 Å². The number of alkyl halides is 1. The first-order valence-electron chi connectivity index (χ1n) is 5.63. The second-order valence-corrected chi connectivity index (χ2v) is 4.28. The monoisotopic (exact) mass is 239 g/mol. The van der Waals surface area contributed by atoms with Gasteiger partial charge < -0.3 is 5.32 Å². The molecule has 1 amide bonds. The minimum atomic E-state index is 0.0673. The number of halogens is 1. The van der Waals surface area contributed by atoms with Gasteiger partial charge in [-0.3, -0.25) is 4.79 Å². The molecule has 2 nitrogen and oxygen atoms in total. The summed E-state index contributed by atoms with van der Waals surface area (Å²) >= 11 is 5.69. The van der Waals surface area contributed by atoms with Gasteiger partial charge in [0.2, 0.25) is 5.91 Å². The van der Waals surface area contributed by atoms with Gasteiger partial charge in [0.1, 0.15) is 0 Å². The summed E-state index contributed by atoms with van der Waals surface area (Å²) in [5.74, 6) is 0.652. The van der Waals surface area contributed by atoms with E-state index in [1.54, 1.807) is 0 Å². The summed E-state index contributed by atoms with van der Waals surface area (Å²) in [6, 6.07) is 7.61. The summed E-state index contributed by atoms with van der Waals surface area (Å²) in [7, 11) is 0. The van der Waals surface area contributed by atoms with Crippen molar-refractivity contribution in [3.05, 3.63) is 29.8 Å². The number of nitrogens with one attached hydrogen (secondary N) is 1. The highest BCUT2D eigenvalue weighted by Crippen LogP contribution is 2.13. The number of carbonyl (C=O) groups excluding carboxylic acids is 1. The number of hydrogen-bond donors (Lipinski definition) is 1. The number of hydrogen-bond acceptors (Lipinski definition) is 1. The van der Waals surface area contributed by atoms with Gasteiger partial charge in [-0.25, -0.2) is 0 Å². The van der Waals surface area contributed by atoms with Gasteiger partial charge in [0, 0.05) is 17.5 Å². The zero-order chi connectivity index (χ0) is 12.0. The molecule has 0 radical (unpaired) electrons. The van der Waals surface area contributed by atoms with Crippen molar-refractivity contribution in [1.29, 1.82) is 0 Å². The highest BCUT2D eigenvalue weighted by Gasteiger charge is 2.11. The van der Waals surface area contributed by atoms with Crippen LogP contribution in [0.4, 0.5) is 5.69 Å². The van der Waals surface area contributed by atoms with Crippen molar-refractivity contribution < 1.29 is 4.79 Å². The fourth-order valence-corrected chi connectivity index (χ4v) is 1.68. The Labute approximate surface area is 102 Å². The van der Waals surface area contributed by atoms with Crippen LogP contribution in [0.2, 0.25) is 0 Å². The molecule has 1 aromatic rings. The molecular formula is C13H18ClNO. The predicted octanol–water partition coefficient (Wildman–Crippen LogP) is 3.80. The predicted molar refractivity (Wildman–Crippen MR) is 68.7 cm³/mol. The van der Waals surface area contributed by atoms with Crippen LogP contribution < -0.4 is 5.32 Å². The molecule has 0 fully saturated rings. The standard InChI is InChI=1S/C13H18ClNO/c1-3-4-10(2)13(16)15-12-7-5-11(9-14)6-8-12/h5-8,10H,3-4,9H2,1-2H3,(H,15,16). The lowest BCUT2D eigenvalue weighted by Gasteiger charge is -2.11. The molecule has 0 spiro atoms. The van der Waals surface area contributed by atoms with Crippen LogP contribution in [-0.2, 0) is 10.7 Å². The summed E-state index contributed by atoms with van der Waals surface area (Å²) < 4.78 is 0. The Morgan fingerprint density at radius 2 is 2.00 bits per heavy atom. The minimum Gasteiger partial charge on any atom is -0.326 e. The normalized spacial score (nSPS) is 12.2. The first-order valence-corrected chi connectivity index (χ1v) is 6.16. The summed E-state index contributed by atoms with van der Waals surface area (Å²) in [5.41, 5.74) is 1.89. The van der Waals surface area contributed by atoms with Crippen molar-refractivity contribution in [2.24, 2.45) is 5.92 Å². The number of amides is 1. The zero-order valence-corrected chi connectivity index (χ0v) is 10.6.